The van der Waals surface area contributed by atoms with Gasteiger partial charge >= 0.3 is 0 Å². The summed E-state index contributed by atoms with van der Waals surface area (Å²) in [5.41, 5.74) is 7.18. The van der Waals surface area contributed by atoms with Crippen molar-refractivity contribution in [3.8, 4) is 11.5 Å². The Labute approximate surface area is 100 Å². The van der Waals surface area contributed by atoms with Crippen molar-refractivity contribution in [2.75, 3.05) is 13.8 Å². The third-order valence-electron chi connectivity index (χ3n) is 2.87. The summed E-state index contributed by atoms with van der Waals surface area (Å²) in [5, 5.41) is 0. The predicted molar refractivity (Wildman–Crippen MR) is 62.9 cm³/mol. The number of nitrogens with one attached hydrogen (secondary N) is 2. The first-order valence-corrected chi connectivity index (χ1v) is 5.50. The van der Waals surface area contributed by atoms with E-state index in [1.54, 1.807) is 7.05 Å². The predicted octanol–water partition coefficient (Wildman–Crippen LogP) is 1.08. The minimum atomic E-state index is -0.239. The van der Waals surface area contributed by atoms with Crippen LogP contribution in [0, 0.1) is 6.92 Å². The number of aryl methyl sites for hydroxylation is 1. The van der Waals surface area contributed by atoms with Crippen molar-refractivity contribution in [1.29, 1.82) is 0 Å². The second-order valence-corrected chi connectivity index (χ2v) is 4.02. The van der Waals surface area contributed by atoms with E-state index in [0.717, 1.165) is 16.9 Å². The molecule has 1 heterocycles. The molecule has 0 radical (unpaired) electrons. The molecule has 5 heteroatoms. The van der Waals surface area contributed by atoms with Crippen molar-refractivity contribution in [3.05, 3.63) is 23.3 Å². The fraction of sp³-hybridized carbons (Fsp3) is 0.417. The molecule has 1 atom stereocenters. The van der Waals surface area contributed by atoms with Crippen LogP contribution in [0.15, 0.2) is 12.1 Å². The third-order valence-corrected chi connectivity index (χ3v) is 2.87. The summed E-state index contributed by atoms with van der Waals surface area (Å²) in [7, 11) is 1.66. The summed E-state index contributed by atoms with van der Waals surface area (Å²) in [6.45, 7) is 4.06. The molecular formula is C12H16N2O3. The highest BCUT2D eigenvalue weighted by Gasteiger charge is 2.21. The van der Waals surface area contributed by atoms with E-state index in [9.17, 15) is 4.79 Å². The van der Waals surface area contributed by atoms with Crippen molar-refractivity contribution < 1.29 is 14.3 Å². The summed E-state index contributed by atoms with van der Waals surface area (Å²) >= 11 is 0. The second kappa shape index (κ2) is 4.63. The van der Waals surface area contributed by atoms with Crippen molar-refractivity contribution in [1.82, 2.24) is 10.9 Å². The zero-order valence-electron chi connectivity index (χ0n) is 10.2. The van der Waals surface area contributed by atoms with Gasteiger partial charge in [-0.25, -0.2) is 5.43 Å². The third kappa shape index (κ3) is 2.19. The van der Waals surface area contributed by atoms with Crippen LogP contribution in [-0.4, -0.2) is 19.7 Å². The molecule has 0 saturated heterocycles. The van der Waals surface area contributed by atoms with Crippen molar-refractivity contribution >= 4 is 5.91 Å². The second-order valence-electron chi connectivity index (χ2n) is 4.02. The summed E-state index contributed by atoms with van der Waals surface area (Å²) in [6, 6.07) is 3.78. The molecule has 17 heavy (non-hydrogen) atoms. The van der Waals surface area contributed by atoms with E-state index in [1.807, 2.05) is 26.0 Å². The van der Waals surface area contributed by atoms with Crippen LogP contribution in [0.1, 0.15) is 24.0 Å². The van der Waals surface area contributed by atoms with Crippen LogP contribution in [0.4, 0.5) is 0 Å². The summed E-state index contributed by atoms with van der Waals surface area (Å²) in [6.07, 6.45) is 0. The van der Waals surface area contributed by atoms with Gasteiger partial charge in [0.1, 0.15) is 0 Å². The first-order chi connectivity index (χ1) is 8.13. The molecule has 0 aromatic heterocycles. The van der Waals surface area contributed by atoms with Crippen LogP contribution in [0.2, 0.25) is 0 Å². The Balaban J connectivity index is 2.29. The first kappa shape index (κ1) is 11.7. The molecule has 0 bridgehead atoms. The number of benzene rings is 1. The molecule has 92 valence electrons. The van der Waals surface area contributed by atoms with Crippen molar-refractivity contribution in [3.63, 3.8) is 0 Å². The lowest BCUT2D eigenvalue weighted by atomic mass is 9.95. The molecule has 2 rings (SSSR count). The number of ether oxygens (including phenoxy) is 2. The normalized spacial score (nSPS) is 14.5. The average molecular weight is 236 g/mol. The molecule has 0 spiro atoms. The van der Waals surface area contributed by atoms with Gasteiger partial charge in [0.15, 0.2) is 11.5 Å². The van der Waals surface area contributed by atoms with Gasteiger partial charge in [0.05, 0.1) is 5.92 Å². The Morgan fingerprint density at radius 1 is 1.35 bits per heavy atom. The molecule has 0 fully saturated rings. The van der Waals surface area contributed by atoms with E-state index in [4.69, 9.17) is 9.47 Å². The van der Waals surface area contributed by atoms with E-state index in [-0.39, 0.29) is 18.6 Å². The molecule has 1 aliphatic heterocycles. The molecular weight excluding hydrogens is 220 g/mol. The van der Waals surface area contributed by atoms with Crippen LogP contribution >= 0.6 is 0 Å². The number of carbonyl (C=O) groups excluding carboxylic acids is 1. The monoisotopic (exact) mass is 236 g/mol. The van der Waals surface area contributed by atoms with E-state index < -0.39 is 0 Å². The molecule has 1 unspecified atom stereocenters. The largest absolute Gasteiger partial charge is 0.454 e. The molecule has 1 aromatic rings. The maximum absolute atomic E-state index is 11.8. The van der Waals surface area contributed by atoms with Gasteiger partial charge in [-0.2, -0.15) is 0 Å². The molecule has 0 aliphatic carbocycles. The average Bonchev–Trinajstić information content (AvgIpc) is 2.74. The molecule has 1 aliphatic rings. The van der Waals surface area contributed by atoms with Crippen LogP contribution in [0.25, 0.3) is 0 Å². The Kier molecular flexibility index (Phi) is 3.19. The molecule has 5 nitrogen and oxygen atoms in total. The van der Waals surface area contributed by atoms with E-state index >= 15 is 0 Å². The quantitative estimate of drug-likeness (QED) is 0.771. The maximum atomic E-state index is 11.8. The minimum Gasteiger partial charge on any atom is -0.454 e. The standard InChI is InChI=1S/C12H16N2O3/c1-7-4-10-11(17-6-16-10)5-9(7)8(2)12(15)14-13-3/h4-5,8,13H,6H2,1-3H3,(H,14,15). The number of rotatable bonds is 3. The van der Waals surface area contributed by atoms with Crippen molar-refractivity contribution in [2.45, 2.75) is 19.8 Å². The van der Waals surface area contributed by atoms with Crippen LogP contribution in [0.3, 0.4) is 0 Å². The topological polar surface area (TPSA) is 59.6 Å². The molecule has 2 N–H and O–H groups in total. The van der Waals surface area contributed by atoms with Crippen LogP contribution < -0.4 is 20.3 Å². The highest BCUT2D eigenvalue weighted by molar-refractivity contribution is 5.83. The number of fused-ring (bicyclic) bond motifs is 1. The molecule has 1 aromatic carbocycles. The number of hydrogen-bond donors (Lipinski definition) is 2. The Morgan fingerprint density at radius 3 is 2.65 bits per heavy atom. The molecule has 0 saturated carbocycles. The number of amides is 1. The fourth-order valence-corrected chi connectivity index (χ4v) is 1.90. The SMILES string of the molecule is CNNC(=O)C(C)c1cc2c(cc1C)OCO2. The van der Waals surface area contributed by atoms with Gasteiger partial charge in [-0.15, -0.1) is 0 Å². The Morgan fingerprint density at radius 2 is 2.00 bits per heavy atom. The van der Waals surface area contributed by atoms with E-state index in [1.165, 1.54) is 0 Å². The van der Waals surface area contributed by atoms with Gasteiger partial charge in [-0.3, -0.25) is 10.2 Å². The summed E-state index contributed by atoms with van der Waals surface area (Å²) in [4.78, 5) is 11.8. The first-order valence-electron chi connectivity index (χ1n) is 5.50. The zero-order chi connectivity index (χ0) is 12.4. The van der Waals surface area contributed by atoms with Crippen LogP contribution in [0.5, 0.6) is 11.5 Å². The minimum absolute atomic E-state index is 0.0746. The highest BCUT2D eigenvalue weighted by atomic mass is 16.7. The Bertz CT molecular complexity index is 446. The van der Waals surface area contributed by atoms with Crippen LogP contribution in [-0.2, 0) is 4.79 Å². The van der Waals surface area contributed by atoms with Gasteiger partial charge in [0, 0.05) is 7.05 Å². The van der Waals surface area contributed by atoms with E-state index in [2.05, 4.69) is 10.9 Å². The van der Waals surface area contributed by atoms with Gasteiger partial charge in [0.25, 0.3) is 0 Å². The van der Waals surface area contributed by atoms with E-state index in [0.29, 0.717) is 5.75 Å². The van der Waals surface area contributed by atoms with Gasteiger partial charge in [-0.05, 0) is 37.1 Å². The summed E-state index contributed by atoms with van der Waals surface area (Å²) in [5.74, 6) is 1.13. The number of hydrazine groups is 1. The van der Waals surface area contributed by atoms with Gasteiger partial charge < -0.3 is 9.47 Å². The summed E-state index contributed by atoms with van der Waals surface area (Å²) < 4.78 is 10.6. The lowest BCUT2D eigenvalue weighted by molar-refractivity contribution is -0.123. The Hall–Kier alpha value is -1.75. The zero-order valence-corrected chi connectivity index (χ0v) is 10.2. The lowest BCUT2D eigenvalue weighted by Gasteiger charge is -2.15. The lowest BCUT2D eigenvalue weighted by Crippen LogP contribution is -2.37. The van der Waals surface area contributed by atoms with Gasteiger partial charge in [-0.1, -0.05) is 0 Å². The number of carbonyl (C=O) groups is 1. The maximum Gasteiger partial charge on any atom is 0.241 e. The number of hydrogen-bond acceptors (Lipinski definition) is 4. The molecule has 1 amide bonds. The highest BCUT2D eigenvalue weighted by Crippen LogP contribution is 2.36. The van der Waals surface area contributed by atoms with Gasteiger partial charge in [0.2, 0.25) is 12.7 Å². The van der Waals surface area contributed by atoms with Crippen molar-refractivity contribution in [2.24, 2.45) is 0 Å². The smallest absolute Gasteiger partial charge is 0.241 e. The fourth-order valence-electron chi connectivity index (χ4n) is 1.90.